The summed E-state index contributed by atoms with van der Waals surface area (Å²) in [4.78, 5) is 15.6. The number of carbonyl (C=O) groups is 1. The minimum Gasteiger partial charge on any atom is -0.378 e. The molecule has 0 radical (unpaired) electrons. The molecule has 1 aliphatic heterocycles. The summed E-state index contributed by atoms with van der Waals surface area (Å²) >= 11 is 0. The van der Waals surface area contributed by atoms with Gasteiger partial charge in [0, 0.05) is 40.4 Å². The number of nitrogens with zero attached hydrogens (tertiary/aromatic N) is 3. The molecule has 2 aromatic carbocycles. The van der Waals surface area contributed by atoms with Crippen LogP contribution in [0.25, 0.3) is 10.8 Å². The lowest BCUT2D eigenvalue weighted by Crippen LogP contribution is -2.30. The van der Waals surface area contributed by atoms with E-state index in [1.165, 1.54) is 9.21 Å². The molecule has 0 saturated carbocycles. The second-order valence-electron chi connectivity index (χ2n) is 6.41. The van der Waals surface area contributed by atoms with E-state index in [0.717, 1.165) is 16.5 Å². The van der Waals surface area contributed by atoms with Crippen molar-refractivity contribution in [1.82, 2.24) is 9.21 Å². The van der Waals surface area contributed by atoms with Crippen LogP contribution in [0.3, 0.4) is 0 Å². The highest BCUT2D eigenvalue weighted by Crippen LogP contribution is 2.31. The van der Waals surface area contributed by atoms with Crippen molar-refractivity contribution < 1.29 is 13.2 Å². The Morgan fingerprint density at radius 2 is 1.67 bits per heavy atom. The van der Waals surface area contributed by atoms with Gasteiger partial charge in [-0.05, 0) is 35.0 Å². The molecule has 0 bridgehead atoms. The Morgan fingerprint density at radius 3 is 2.29 bits per heavy atom. The van der Waals surface area contributed by atoms with Crippen molar-refractivity contribution in [2.75, 3.05) is 39.6 Å². The molecule has 1 amide bonds. The summed E-state index contributed by atoms with van der Waals surface area (Å²) in [6.07, 6.45) is 0. The average Bonchev–Trinajstić information content (AvgIpc) is 3.34. The highest BCUT2D eigenvalue weighted by Gasteiger charge is 2.49. The molecule has 7 heteroatoms. The smallest absolute Gasteiger partial charge is 0.243 e. The van der Waals surface area contributed by atoms with Crippen LogP contribution in [-0.4, -0.2) is 64.3 Å². The van der Waals surface area contributed by atoms with Crippen molar-refractivity contribution >= 4 is 32.4 Å². The Kier molecular flexibility index (Phi) is 4.01. The Labute approximate surface area is 142 Å². The Balaban J connectivity index is 1.92. The first-order valence-electron chi connectivity index (χ1n) is 7.66. The van der Waals surface area contributed by atoms with Crippen LogP contribution >= 0.6 is 0 Å². The van der Waals surface area contributed by atoms with E-state index in [1.54, 1.807) is 26.2 Å². The molecular formula is C17H21N3O3S. The maximum absolute atomic E-state index is 12.7. The van der Waals surface area contributed by atoms with E-state index in [2.05, 4.69) is 0 Å². The first-order chi connectivity index (χ1) is 11.2. The molecule has 0 aliphatic carbocycles. The van der Waals surface area contributed by atoms with Crippen LogP contribution in [0.1, 0.15) is 0 Å². The SMILES string of the molecule is CN(C)C(=O)C1CN1S(=O)(=O)c1ccc2cc(N(C)C)ccc2c1. The summed E-state index contributed by atoms with van der Waals surface area (Å²) in [6.45, 7) is 0.247. The molecule has 1 aliphatic rings. The van der Waals surface area contributed by atoms with Crippen LogP contribution in [0.5, 0.6) is 0 Å². The van der Waals surface area contributed by atoms with E-state index in [4.69, 9.17) is 0 Å². The third-order valence-electron chi connectivity index (χ3n) is 4.21. The second-order valence-corrected chi connectivity index (χ2v) is 8.30. The van der Waals surface area contributed by atoms with Crippen molar-refractivity contribution in [3.63, 3.8) is 0 Å². The third kappa shape index (κ3) is 2.85. The van der Waals surface area contributed by atoms with Gasteiger partial charge in [0.25, 0.3) is 0 Å². The van der Waals surface area contributed by atoms with Gasteiger partial charge in [0.15, 0.2) is 0 Å². The second kappa shape index (κ2) is 5.75. The number of anilines is 1. The van der Waals surface area contributed by atoms with E-state index in [0.29, 0.717) is 0 Å². The summed E-state index contributed by atoms with van der Waals surface area (Å²) in [5.41, 5.74) is 1.06. The Morgan fingerprint density at radius 1 is 1.04 bits per heavy atom. The maximum atomic E-state index is 12.7. The van der Waals surface area contributed by atoms with Gasteiger partial charge in [0.1, 0.15) is 6.04 Å². The van der Waals surface area contributed by atoms with E-state index in [-0.39, 0.29) is 17.3 Å². The molecule has 6 nitrogen and oxygen atoms in total. The monoisotopic (exact) mass is 347 g/mol. The normalized spacial score (nSPS) is 20.0. The van der Waals surface area contributed by atoms with Crippen LogP contribution in [0, 0.1) is 0 Å². The quantitative estimate of drug-likeness (QED) is 0.784. The van der Waals surface area contributed by atoms with Crippen LogP contribution < -0.4 is 4.90 Å². The minimum absolute atomic E-state index is 0.185. The number of sulfonamides is 1. The Hall–Kier alpha value is -2.12. The van der Waals surface area contributed by atoms with Gasteiger partial charge in [0.2, 0.25) is 15.9 Å². The molecule has 0 aromatic heterocycles. The van der Waals surface area contributed by atoms with E-state index >= 15 is 0 Å². The molecule has 0 spiro atoms. The fourth-order valence-electron chi connectivity index (χ4n) is 2.67. The van der Waals surface area contributed by atoms with Gasteiger partial charge in [-0.1, -0.05) is 12.1 Å². The number of carbonyl (C=O) groups excluding carboxylic acids is 1. The zero-order valence-electron chi connectivity index (χ0n) is 14.2. The lowest BCUT2D eigenvalue weighted by atomic mass is 10.1. The number of amides is 1. The van der Waals surface area contributed by atoms with Crippen LogP contribution in [0.2, 0.25) is 0 Å². The average molecular weight is 347 g/mol. The highest BCUT2D eigenvalue weighted by molar-refractivity contribution is 7.89. The summed E-state index contributed by atoms with van der Waals surface area (Å²) in [6, 6.07) is 10.4. The fraction of sp³-hybridized carbons (Fsp3) is 0.353. The fourth-order valence-corrected chi connectivity index (χ4v) is 4.22. The topological polar surface area (TPSA) is 60.7 Å². The highest BCUT2D eigenvalue weighted by atomic mass is 32.2. The predicted octanol–water partition coefficient (Wildman–Crippen LogP) is 1.37. The number of benzene rings is 2. The van der Waals surface area contributed by atoms with Crippen molar-refractivity contribution in [3.05, 3.63) is 36.4 Å². The lowest BCUT2D eigenvalue weighted by molar-refractivity contribution is -0.128. The summed E-state index contributed by atoms with van der Waals surface area (Å²) in [5, 5.41) is 1.84. The molecular weight excluding hydrogens is 326 g/mol. The number of likely N-dealkylation sites (N-methyl/N-ethyl adjacent to an activating group) is 1. The van der Waals surface area contributed by atoms with Gasteiger partial charge in [-0.3, -0.25) is 4.79 Å². The number of fused-ring (bicyclic) bond motifs is 1. The zero-order valence-corrected chi connectivity index (χ0v) is 15.0. The molecule has 2 aromatic rings. The minimum atomic E-state index is -3.64. The molecule has 128 valence electrons. The van der Waals surface area contributed by atoms with Gasteiger partial charge in [-0.15, -0.1) is 0 Å². The van der Waals surface area contributed by atoms with Gasteiger partial charge < -0.3 is 9.80 Å². The van der Waals surface area contributed by atoms with Gasteiger partial charge in [-0.25, -0.2) is 8.42 Å². The first kappa shape index (κ1) is 16.7. The van der Waals surface area contributed by atoms with Crippen molar-refractivity contribution in [2.45, 2.75) is 10.9 Å². The number of hydrogen-bond acceptors (Lipinski definition) is 4. The summed E-state index contributed by atoms with van der Waals surface area (Å²) in [7, 11) is 3.54. The standard InChI is InChI=1S/C17H21N3O3S/c1-18(2)14-7-5-13-10-15(8-6-12(13)9-14)24(22,23)20-11-16(20)17(21)19(3)4/h5-10,16H,11H2,1-4H3. The maximum Gasteiger partial charge on any atom is 0.243 e. The van der Waals surface area contributed by atoms with Crippen LogP contribution in [-0.2, 0) is 14.8 Å². The molecule has 0 N–H and O–H groups in total. The molecule has 1 saturated heterocycles. The first-order valence-corrected chi connectivity index (χ1v) is 9.10. The predicted molar refractivity (Wildman–Crippen MR) is 94.6 cm³/mol. The van der Waals surface area contributed by atoms with E-state index in [9.17, 15) is 13.2 Å². The molecule has 1 fully saturated rings. The van der Waals surface area contributed by atoms with Crippen LogP contribution in [0.15, 0.2) is 41.3 Å². The Bertz CT molecular complexity index is 906. The lowest BCUT2D eigenvalue weighted by Gasteiger charge is -2.14. The molecule has 24 heavy (non-hydrogen) atoms. The van der Waals surface area contributed by atoms with E-state index in [1.807, 2.05) is 43.3 Å². The largest absolute Gasteiger partial charge is 0.378 e. The van der Waals surface area contributed by atoms with Crippen LogP contribution in [0.4, 0.5) is 5.69 Å². The van der Waals surface area contributed by atoms with Crippen molar-refractivity contribution in [2.24, 2.45) is 0 Å². The molecule has 3 rings (SSSR count). The molecule has 2 unspecified atom stereocenters. The number of rotatable bonds is 4. The van der Waals surface area contributed by atoms with Crippen molar-refractivity contribution in [1.29, 1.82) is 0 Å². The summed E-state index contributed by atoms with van der Waals surface area (Å²) in [5.74, 6) is -0.185. The van der Waals surface area contributed by atoms with Gasteiger partial charge >= 0.3 is 0 Å². The van der Waals surface area contributed by atoms with Gasteiger partial charge in [-0.2, -0.15) is 4.31 Å². The molecule has 2 atom stereocenters. The van der Waals surface area contributed by atoms with E-state index < -0.39 is 16.1 Å². The molecule has 1 heterocycles. The summed E-state index contributed by atoms with van der Waals surface area (Å²) < 4.78 is 26.6. The zero-order chi connectivity index (χ0) is 17.6. The van der Waals surface area contributed by atoms with Crippen molar-refractivity contribution in [3.8, 4) is 0 Å². The van der Waals surface area contributed by atoms with Gasteiger partial charge in [0.05, 0.1) is 4.90 Å². The number of hydrogen-bond donors (Lipinski definition) is 0. The third-order valence-corrected chi connectivity index (χ3v) is 6.08.